The van der Waals surface area contributed by atoms with E-state index in [4.69, 9.17) is 5.11 Å². The number of aliphatic hydroxyl groups is 1. The van der Waals surface area contributed by atoms with E-state index in [0.29, 0.717) is 5.56 Å². The molecule has 0 unspecified atom stereocenters. The van der Waals surface area contributed by atoms with Crippen molar-refractivity contribution in [3.8, 4) is 11.1 Å². The number of carbonyl (C=O) groups is 1. The van der Waals surface area contributed by atoms with E-state index in [1.165, 1.54) is 0 Å². The SMILES string of the molecule is Cc1ccc(N2CCN(CCO)CC2)cc1C(=O)N[C@H](C)c1cccc(-c2cnn(C)c2)c1. The Morgan fingerprint density at radius 1 is 1.12 bits per heavy atom. The molecule has 1 amide bonds. The predicted molar refractivity (Wildman–Crippen MR) is 131 cm³/mol. The molecule has 2 heterocycles. The monoisotopic (exact) mass is 447 g/mol. The van der Waals surface area contributed by atoms with Crippen molar-refractivity contribution in [2.75, 3.05) is 44.2 Å². The Balaban J connectivity index is 1.46. The van der Waals surface area contributed by atoms with Gasteiger partial charge in [0, 0.05) is 62.8 Å². The molecule has 2 aromatic carbocycles. The first kappa shape index (κ1) is 23.0. The van der Waals surface area contributed by atoms with Crippen LogP contribution in [0.5, 0.6) is 0 Å². The fourth-order valence-corrected chi connectivity index (χ4v) is 4.34. The summed E-state index contributed by atoms with van der Waals surface area (Å²) in [5.74, 6) is -0.0625. The summed E-state index contributed by atoms with van der Waals surface area (Å²) in [4.78, 5) is 17.8. The number of hydrogen-bond acceptors (Lipinski definition) is 5. The van der Waals surface area contributed by atoms with Gasteiger partial charge in [0.2, 0.25) is 0 Å². The highest BCUT2D eigenvalue weighted by atomic mass is 16.3. The first-order valence-electron chi connectivity index (χ1n) is 11.5. The van der Waals surface area contributed by atoms with E-state index in [1.807, 2.05) is 57.6 Å². The van der Waals surface area contributed by atoms with Crippen LogP contribution < -0.4 is 10.2 Å². The molecule has 0 spiro atoms. The second kappa shape index (κ2) is 10.2. The minimum absolute atomic E-state index is 0.0625. The number of nitrogens with one attached hydrogen (secondary N) is 1. The van der Waals surface area contributed by atoms with E-state index >= 15 is 0 Å². The number of carbonyl (C=O) groups excluding carboxylic acids is 1. The highest BCUT2D eigenvalue weighted by Gasteiger charge is 2.20. The minimum atomic E-state index is -0.126. The molecule has 1 aromatic heterocycles. The van der Waals surface area contributed by atoms with E-state index in [-0.39, 0.29) is 18.6 Å². The van der Waals surface area contributed by atoms with Crippen molar-refractivity contribution in [1.29, 1.82) is 0 Å². The third kappa shape index (κ3) is 5.43. The van der Waals surface area contributed by atoms with Gasteiger partial charge >= 0.3 is 0 Å². The summed E-state index contributed by atoms with van der Waals surface area (Å²) in [6.07, 6.45) is 3.84. The smallest absolute Gasteiger partial charge is 0.252 e. The minimum Gasteiger partial charge on any atom is -0.395 e. The van der Waals surface area contributed by atoms with Gasteiger partial charge in [-0.3, -0.25) is 14.4 Å². The largest absolute Gasteiger partial charge is 0.395 e. The fourth-order valence-electron chi connectivity index (χ4n) is 4.34. The molecule has 7 nitrogen and oxygen atoms in total. The standard InChI is InChI=1S/C26H33N5O2/c1-19-7-8-24(31-11-9-30(10-12-31)13-14-32)16-25(19)26(33)28-20(2)21-5-4-6-22(15-21)23-17-27-29(3)18-23/h4-8,15-18,20,32H,9-14H2,1-3H3,(H,28,33)/t20-/m1/s1. The summed E-state index contributed by atoms with van der Waals surface area (Å²) in [6.45, 7) is 8.52. The van der Waals surface area contributed by atoms with Crippen LogP contribution in [0.3, 0.4) is 0 Å². The van der Waals surface area contributed by atoms with Crippen molar-refractivity contribution in [2.45, 2.75) is 19.9 Å². The van der Waals surface area contributed by atoms with Crippen molar-refractivity contribution >= 4 is 11.6 Å². The average molecular weight is 448 g/mol. The third-order valence-corrected chi connectivity index (χ3v) is 6.39. The molecule has 7 heteroatoms. The van der Waals surface area contributed by atoms with E-state index < -0.39 is 0 Å². The van der Waals surface area contributed by atoms with Gasteiger partial charge in [-0.15, -0.1) is 0 Å². The summed E-state index contributed by atoms with van der Waals surface area (Å²) < 4.78 is 1.79. The Morgan fingerprint density at radius 2 is 1.91 bits per heavy atom. The molecule has 174 valence electrons. The van der Waals surface area contributed by atoms with Crippen molar-refractivity contribution in [3.63, 3.8) is 0 Å². The molecule has 1 aliphatic heterocycles. The van der Waals surface area contributed by atoms with Crippen LogP contribution in [-0.4, -0.2) is 65.0 Å². The number of hydrogen-bond donors (Lipinski definition) is 2. The van der Waals surface area contributed by atoms with Gasteiger partial charge in [-0.05, 0) is 48.7 Å². The molecule has 0 radical (unpaired) electrons. The zero-order valence-electron chi connectivity index (χ0n) is 19.7. The van der Waals surface area contributed by atoms with Gasteiger partial charge in [0.25, 0.3) is 5.91 Å². The topological polar surface area (TPSA) is 73.6 Å². The lowest BCUT2D eigenvalue weighted by Gasteiger charge is -2.36. The lowest BCUT2D eigenvalue weighted by Crippen LogP contribution is -2.47. The summed E-state index contributed by atoms with van der Waals surface area (Å²) in [5, 5.41) is 16.6. The van der Waals surface area contributed by atoms with E-state index in [9.17, 15) is 4.79 Å². The van der Waals surface area contributed by atoms with Crippen LogP contribution in [-0.2, 0) is 7.05 Å². The van der Waals surface area contributed by atoms with E-state index in [1.54, 1.807) is 4.68 Å². The molecule has 33 heavy (non-hydrogen) atoms. The predicted octanol–water partition coefficient (Wildman–Crippen LogP) is 3.00. The van der Waals surface area contributed by atoms with E-state index in [0.717, 1.165) is 60.7 Å². The molecule has 1 fully saturated rings. The molecular formula is C26H33N5O2. The lowest BCUT2D eigenvalue weighted by atomic mass is 10.0. The van der Waals surface area contributed by atoms with Gasteiger partial charge < -0.3 is 15.3 Å². The number of aromatic nitrogens is 2. The Labute approximate surface area is 195 Å². The van der Waals surface area contributed by atoms with Crippen LogP contribution in [0.4, 0.5) is 5.69 Å². The maximum Gasteiger partial charge on any atom is 0.252 e. The molecule has 3 aromatic rings. The number of β-amino-alcohol motifs (C(OH)–C–C–N with tert-alkyl or cyclic N) is 1. The molecule has 1 aliphatic rings. The van der Waals surface area contributed by atoms with Crippen LogP contribution in [0.2, 0.25) is 0 Å². The van der Waals surface area contributed by atoms with Crippen LogP contribution in [0.1, 0.15) is 34.5 Å². The van der Waals surface area contributed by atoms with Gasteiger partial charge in [-0.25, -0.2) is 0 Å². The Hall–Kier alpha value is -3.16. The summed E-state index contributed by atoms with van der Waals surface area (Å²) in [7, 11) is 1.90. The Kier molecular flexibility index (Phi) is 7.11. The number of aliphatic hydroxyl groups excluding tert-OH is 1. The molecule has 1 atom stereocenters. The van der Waals surface area contributed by atoms with Crippen molar-refractivity contribution < 1.29 is 9.90 Å². The zero-order valence-corrected chi connectivity index (χ0v) is 19.7. The van der Waals surface area contributed by atoms with Crippen LogP contribution in [0.15, 0.2) is 54.9 Å². The summed E-state index contributed by atoms with van der Waals surface area (Å²) in [5.41, 5.74) is 5.94. The number of anilines is 1. The number of benzene rings is 2. The molecule has 1 saturated heterocycles. The van der Waals surface area contributed by atoms with Crippen LogP contribution in [0.25, 0.3) is 11.1 Å². The van der Waals surface area contributed by atoms with Gasteiger partial charge in [0.15, 0.2) is 0 Å². The molecule has 2 N–H and O–H groups in total. The molecule has 0 aliphatic carbocycles. The third-order valence-electron chi connectivity index (χ3n) is 6.39. The number of rotatable bonds is 7. The average Bonchev–Trinajstić information content (AvgIpc) is 3.26. The first-order valence-corrected chi connectivity index (χ1v) is 11.5. The maximum absolute atomic E-state index is 13.2. The molecule has 0 bridgehead atoms. The first-order chi connectivity index (χ1) is 15.9. The summed E-state index contributed by atoms with van der Waals surface area (Å²) >= 11 is 0. The van der Waals surface area contributed by atoms with Crippen molar-refractivity contribution in [2.24, 2.45) is 7.05 Å². The van der Waals surface area contributed by atoms with Crippen molar-refractivity contribution in [1.82, 2.24) is 20.0 Å². The number of piperazine rings is 1. The Bertz CT molecular complexity index is 1100. The highest BCUT2D eigenvalue weighted by Crippen LogP contribution is 2.25. The van der Waals surface area contributed by atoms with Gasteiger partial charge in [-0.1, -0.05) is 24.3 Å². The van der Waals surface area contributed by atoms with Crippen LogP contribution in [0, 0.1) is 6.92 Å². The number of aryl methyl sites for hydroxylation is 2. The van der Waals surface area contributed by atoms with Gasteiger partial charge in [0.05, 0.1) is 18.8 Å². The molecule has 4 rings (SSSR count). The number of amides is 1. The van der Waals surface area contributed by atoms with Gasteiger partial charge in [-0.2, -0.15) is 5.10 Å². The molecular weight excluding hydrogens is 414 g/mol. The van der Waals surface area contributed by atoms with E-state index in [2.05, 4.69) is 38.4 Å². The second-order valence-electron chi connectivity index (χ2n) is 8.77. The second-order valence-corrected chi connectivity index (χ2v) is 8.77. The fraction of sp³-hybridized carbons (Fsp3) is 0.385. The number of nitrogens with zero attached hydrogens (tertiary/aromatic N) is 4. The Morgan fingerprint density at radius 3 is 2.61 bits per heavy atom. The van der Waals surface area contributed by atoms with Crippen molar-refractivity contribution in [3.05, 3.63) is 71.5 Å². The highest BCUT2D eigenvalue weighted by molar-refractivity contribution is 5.96. The summed E-state index contributed by atoms with van der Waals surface area (Å²) in [6, 6.07) is 14.2. The quantitative estimate of drug-likeness (QED) is 0.583. The molecule has 0 saturated carbocycles. The maximum atomic E-state index is 13.2. The normalized spacial score (nSPS) is 15.5. The van der Waals surface area contributed by atoms with Crippen LogP contribution >= 0.6 is 0 Å². The zero-order chi connectivity index (χ0) is 23.4. The lowest BCUT2D eigenvalue weighted by molar-refractivity contribution is 0.0939. The van der Waals surface area contributed by atoms with Gasteiger partial charge in [0.1, 0.15) is 0 Å².